The van der Waals surface area contributed by atoms with Gasteiger partial charge in [0.2, 0.25) is 0 Å². The molecule has 0 unspecified atom stereocenters. The number of benzene rings is 3. The van der Waals surface area contributed by atoms with Crippen molar-refractivity contribution in [3.8, 4) is 0 Å². The van der Waals surface area contributed by atoms with Crippen LogP contribution < -0.4 is 10.0 Å². The van der Waals surface area contributed by atoms with Crippen molar-refractivity contribution in [2.45, 2.75) is 43.3 Å². The van der Waals surface area contributed by atoms with Crippen LogP contribution in [0.2, 0.25) is 5.02 Å². The Labute approximate surface area is 213 Å². The van der Waals surface area contributed by atoms with E-state index in [-0.39, 0.29) is 28.5 Å². The van der Waals surface area contributed by atoms with Gasteiger partial charge in [0.25, 0.3) is 10.0 Å². The monoisotopic (exact) mass is 532 g/mol. The van der Waals surface area contributed by atoms with E-state index in [0.29, 0.717) is 6.07 Å². The number of hydrogen-bond acceptors (Lipinski definition) is 3. The fourth-order valence-electron chi connectivity index (χ4n) is 5.16. The van der Waals surface area contributed by atoms with E-state index in [1.54, 1.807) is 12.1 Å². The number of alkyl halides is 3. The molecule has 0 aromatic heterocycles. The summed E-state index contributed by atoms with van der Waals surface area (Å²) in [7, 11) is -4.14. The topological polar surface area (TPSA) is 58.2 Å². The molecule has 36 heavy (non-hydrogen) atoms. The van der Waals surface area contributed by atoms with E-state index in [4.69, 9.17) is 11.6 Å². The Kier molecular flexibility index (Phi) is 6.08. The number of nitrogens with one attached hydrogen (secondary N) is 2. The predicted molar refractivity (Wildman–Crippen MR) is 136 cm³/mol. The molecule has 0 fully saturated rings. The molecule has 3 atom stereocenters. The van der Waals surface area contributed by atoms with Gasteiger partial charge in [-0.3, -0.25) is 4.72 Å². The van der Waals surface area contributed by atoms with Crippen molar-refractivity contribution in [3.63, 3.8) is 0 Å². The van der Waals surface area contributed by atoms with Crippen LogP contribution in [0.1, 0.15) is 46.2 Å². The SMILES string of the molecule is Cc1ccc(C)c([C@H]2Nc3ccc(S(=O)(=O)Nc4ccc(Cl)c(C(F)(F)F)c4)cc3[C@H]3C=CC[C@H]32)c1. The Balaban J connectivity index is 1.48. The van der Waals surface area contributed by atoms with Gasteiger partial charge in [-0.1, -0.05) is 47.5 Å². The minimum absolute atomic E-state index is 0.0178. The summed E-state index contributed by atoms with van der Waals surface area (Å²) in [5.74, 6) is 0.239. The Bertz CT molecular complexity index is 1480. The van der Waals surface area contributed by atoms with E-state index in [1.165, 1.54) is 28.8 Å². The van der Waals surface area contributed by atoms with Crippen LogP contribution in [-0.2, 0) is 16.2 Å². The molecule has 1 aliphatic carbocycles. The quantitative estimate of drug-likeness (QED) is 0.340. The molecule has 188 valence electrons. The third-order valence-corrected chi connectivity index (χ3v) is 8.65. The van der Waals surface area contributed by atoms with Crippen molar-refractivity contribution >= 4 is 33.0 Å². The number of hydrogen-bond donors (Lipinski definition) is 2. The molecular formula is C27H24ClF3N2O2S. The molecule has 0 bridgehead atoms. The van der Waals surface area contributed by atoms with Crippen LogP contribution in [-0.4, -0.2) is 8.42 Å². The van der Waals surface area contributed by atoms with Crippen molar-refractivity contribution in [2.24, 2.45) is 5.92 Å². The molecule has 0 spiro atoms. The molecule has 9 heteroatoms. The smallest absolute Gasteiger partial charge is 0.378 e. The summed E-state index contributed by atoms with van der Waals surface area (Å²) in [4.78, 5) is -0.0178. The lowest BCUT2D eigenvalue weighted by atomic mass is 9.76. The highest BCUT2D eigenvalue weighted by molar-refractivity contribution is 7.92. The third kappa shape index (κ3) is 4.48. The molecule has 1 heterocycles. The molecule has 2 aliphatic rings. The first-order chi connectivity index (χ1) is 16.9. The molecule has 4 nitrogen and oxygen atoms in total. The number of allylic oxidation sites excluding steroid dienone is 2. The van der Waals surface area contributed by atoms with Gasteiger partial charge in [-0.15, -0.1) is 0 Å². The number of aryl methyl sites for hydroxylation is 2. The van der Waals surface area contributed by atoms with E-state index >= 15 is 0 Å². The number of anilines is 2. The van der Waals surface area contributed by atoms with E-state index in [2.05, 4.69) is 54.2 Å². The lowest BCUT2D eigenvalue weighted by molar-refractivity contribution is -0.137. The number of sulfonamides is 1. The van der Waals surface area contributed by atoms with Gasteiger partial charge in [-0.2, -0.15) is 13.2 Å². The zero-order valence-corrected chi connectivity index (χ0v) is 21.1. The van der Waals surface area contributed by atoms with E-state index in [9.17, 15) is 21.6 Å². The molecule has 1 aliphatic heterocycles. The fourth-order valence-corrected chi connectivity index (χ4v) is 6.47. The van der Waals surface area contributed by atoms with Gasteiger partial charge >= 0.3 is 6.18 Å². The Morgan fingerprint density at radius 1 is 1.00 bits per heavy atom. The van der Waals surface area contributed by atoms with Crippen molar-refractivity contribution in [3.05, 3.63) is 99.6 Å². The first kappa shape index (κ1) is 24.7. The highest BCUT2D eigenvalue weighted by atomic mass is 35.5. The summed E-state index contributed by atoms with van der Waals surface area (Å²) >= 11 is 5.66. The Morgan fingerprint density at radius 2 is 1.78 bits per heavy atom. The molecule has 0 saturated heterocycles. The van der Waals surface area contributed by atoms with E-state index in [0.717, 1.165) is 23.7 Å². The minimum atomic E-state index is -4.70. The second-order valence-corrected chi connectivity index (χ2v) is 11.5. The van der Waals surface area contributed by atoms with Crippen LogP contribution in [0, 0.1) is 19.8 Å². The largest absolute Gasteiger partial charge is 0.417 e. The Morgan fingerprint density at radius 3 is 2.53 bits per heavy atom. The molecule has 0 saturated carbocycles. The van der Waals surface area contributed by atoms with Crippen LogP contribution in [0.3, 0.4) is 0 Å². The zero-order chi connectivity index (χ0) is 25.8. The Hall–Kier alpha value is -2.97. The molecule has 0 radical (unpaired) electrons. The lowest BCUT2D eigenvalue weighted by Gasteiger charge is -2.38. The normalized spacial score (nSPS) is 21.0. The van der Waals surface area contributed by atoms with Gasteiger partial charge in [0, 0.05) is 17.3 Å². The molecule has 3 aromatic rings. The number of fused-ring (bicyclic) bond motifs is 3. The second kappa shape index (κ2) is 8.85. The highest BCUT2D eigenvalue weighted by Gasteiger charge is 2.39. The first-order valence-corrected chi connectivity index (χ1v) is 13.3. The molecule has 2 N–H and O–H groups in total. The van der Waals surface area contributed by atoms with Crippen molar-refractivity contribution in [1.29, 1.82) is 0 Å². The average molecular weight is 533 g/mol. The van der Waals surface area contributed by atoms with Crippen LogP contribution in [0.25, 0.3) is 0 Å². The predicted octanol–water partition coefficient (Wildman–Crippen LogP) is 7.60. The standard InChI is InChI=1S/C27H24ClF3N2O2S/c1-15-6-7-16(2)21(12-15)26-20-5-3-4-19(20)22-14-18(9-11-25(22)32-26)36(34,35)33-17-8-10-24(28)23(13-17)27(29,30)31/h3-4,6-14,19-20,26,32-33H,5H2,1-2H3/t19-,20+,26-/m0/s1. The molecular weight excluding hydrogens is 509 g/mol. The summed E-state index contributed by atoms with van der Waals surface area (Å²) in [5, 5.41) is 3.12. The van der Waals surface area contributed by atoms with Crippen LogP contribution in [0.4, 0.5) is 24.5 Å². The van der Waals surface area contributed by atoms with Crippen LogP contribution >= 0.6 is 11.6 Å². The summed E-state index contributed by atoms with van der Waals surface area (Å²) in [6.45, 7) is 4.15. The summed E-state index contributed by atoms with van der Waals surface area (Å²) in [6, 6.07) is 14.2. The summed E-state index contributed by atoms with van der Waals surface area (Å²) < 4.78 is 68.2. The molecule has 0 amide bonds. The van der Waals surface area contributed by atoms with E-state index in [1.807, 2.05) is 0 Å². The van der Waals surface area contributed by atoms with Gasteiger partial charge in [0.05, 0.1) is 21.5 Å². The third-order valence-electron chi connectivity index (χ3n) is 6.94. The average Bonchev–Trinajstić information content (AvgIpc) is 3.30. The lowest BCUT2D eigenvalue weighted by Crippen LogP contribution is -2.30. The maximum atomic E-state index is 13.2. The molecule has 5 rings (SSSR count). The second-order valence-electron chi connectivity index (χ2n) is 9.38. The van der Waals surface area contributed by atoms with Crippen molar-refractivity contribution in [1.82, 2.24) is 0 Å². The number of rotatable bonds is 4. The van der Waals surface area contributed by atoms with Crippen LogP contribution in [0.5, 0.6) is 0 Å². The van der Waals surface area contributed by atoms with Gasteiger partial charge in [0.15, 0.2) is 0 Å². The molecule has 3 aromatic carbocycles. The van der Waals surface area contributed by atoms with Gasteiger partial charge in [-0.25, -0.2) is 8.42 Å². The number of halogens is 4. The zero-order valence-electron chi connectivity index (χ0n) is 19.5. The summed E-state index contributed by atoms with van der Waals surface area (Å²) in [6.07, 6.45) is 0.387. The highest BCUT2D eigenvalue weighted by Crippen LogP contribution is 2.50. The first-order valence-electron chi connectivity index (χ1n) is 11.5. The van der Waals surface area contributed by atoms with Gasteiger partial charge < -0.3 is 5.32 Å². The summed E-state index contributed by atoms with van der Waals surface area (Å²) in [5.41, 5.74) is 3.97. The van der Waals surface area contributed by atoms with Crippen molar-refractivity contribution < 1.29 is 21.6 Å². The maximum Gasteiger partial charge on any atom is 0.417 e. The van der Waals surface area contributed by atoms with Crippen LogP contribution in [0.15, 0.2) is 71.6 Å². The fraction of sp³-hybridized carbons (Fsp3) is 0.259. The van der Waals surface area contributed by atoms with Gasteiger partial charge in [-0.05, 0) is 79.3 Å². The van der Waals surface area contributed by atoms with Crippen molar-refractivity contribution in [2.75, 3.05) is 10.0 Å². The van der Waals surface area contributed by atoms with E-state index < -0.39 is 26.8 Å². The van der Waals surface area contributed by atoms with Gasteiger partial charge in [0.1, 0.15) is 0 Å². The maximum absolute atomic E-state index is 13.2. The minimum Gasteiger partial charge on any atom is -0.378 e.